The molecule has 1 aromatic heterocycles. The first-order chi connectivity index (χ1) is 7.95. The van der Waals surface area contributed by atoms with Crippen LogP contribution in [0.15, 0.2) is 4.47 Å². The molecule has 94 valence electrons. The summed E-state index contributed by atoms with van der Waals surface area (Å²) in [6.45, 7) is 3.66. The molecule has 1 rings (SSSR count). The summed E-state index contributed by atoms with van der Waals surface area (Å²) in [5.74, 6) is -0.763. The van der Waals surface area contributed by atoms with E-state index in [9.17, 15) is 9.59 Å². The predicted octanol–water partition coefficient (Wildman–Crippen LogP) is 0.552. The smallest absolute Gasteiger partial charge is 0.325 e. The number of carbonyl (C=O) groups excluding carboxylic acids is 2. The van der Waals surface area contributed by atoms with E-state index >= 15 is 0 Å². The molecule has 6 nitrogen and oxygen atoms in total. The quantitative estimate of drug-likeness (QED) is 0.825. The van der Waals surface area contributed by atoms with Crippen LogP contribution < -0.4 is 5.32 Å². The molecule has 0 unspecified atom stereocenters. The Hall–Kier alpha value is -1.37. The molecule has 0 spiro atoms. The Bertz CT molecular complexity index is 442. The molecular weight excluding hydrogens is 290 g/mol. The second-order valence-corrected chi connectivity index (χ2v) is 4.29. The number of amides is 1. The highest BCUT2D eigenvalue weighted by Crippen LogP contribution is 2.19. The summed E-state index contributed by atoms with van der Waals surface area (Å²) in [6, 6.07) is 0. The fourth-order valence-corrected chi connectivity index (χ4v) is 1.55. The van der Waals surface area contributed by atoms with Gasteiger partial charge in [0.05, 0.1) is 23.0 Å². The summed E-state index contributed by atoms with van der Waals surface area (Å²) in [6.07, 6.45) is 0. The molecule has 1 amide bonds. The van der Waals surface area contributed by atoms with Gasteiger partial charge in [-0.25, -0.2) is 0 Å². The third kappa shape index (κ3) is 3.55. The van der Waals surface area contributed by atoms with Gasteiger partial charge in [0.1, 0.15) is 13.1 Å². The van der Waals surface area contributed by atoms with Crippen LogP contribution in [0, 0.1) is 13.8 Å². The third-order valence-corrected chi connectivity index (χ3v) is 3.39. The number of rotatable bonds is 4. The Morgan fingerprint density at radius 1 is 1.47 bits per heavy atom. The first-order valence-electron chi connectivity index (χ1n) is 4.98. The molecule has 0 fully saturated rings. The second-order valence-electron chi connectivity index (χ2n) is 3.50. The molecule has 1 heterocycles. The predicted molar refractivity (Wildman–Crippen MR) is 64.4 cm³/mol. The molecule has 0 bridgehead atoms. The molecule has 1 aromatic rings. The Morgan fingerprint density at radius 2 is 2.12 bits per heavy atom. The third-order valence-electron chi connectivity index (χ3n) is 2.24. The van der Waals surface area contributed by atoms with Gasteiger partial charge in [-0.05, 0) is 29.8 Å². The van der Waals surface area contributed by atoms with Crippen LogP contribution in [-0.4, -0.2) is 35.3 Å². The number of nitrogens with one attached hydrogen (secondary N) is 1. The number of nitrogens with zero attached hydrogens (tertiary/aromatic N) is 2. The molecule has 0 saturated heterocycles. The molecule has 0 aliphatic heterocycles. The minimum absolute atomic E-state index is 0.0786. The summed E-state index contributed by atoms with van der Waals surface area (Å²) >= 11 is 3.37. The lowest BCUT2D eigenvalue weighted by atomic mass is 10.4. The molecule has 7 heteroatoms. The van der Waals surface area contributed by atoms with Gasteiger partial charge in [-0.15, -0.1) is 0 Å². The molecule has 1 N–H and O–H groups in total. The lowest BCUT2D eigenvalue weighted by molar-refractivity contribution is -0.141. The summed E-state index contributed by atoms with van der Waals surface area (Å²) in [5, 5.41) is 6.64. The Morgan fingerprint density at radius 3 is 2.59 bits per heavy atom. The van der Waals surface area contributed by atoms with Crippen LogP contribution >= 0.6 is 15.9 Å². The number of ether oxygens (including phenoxy) is 1. The van der Waals surface area contributed by atoms with Crippen molar-refractivity contribution in [3.05, 3.63) is 15.9 Å². The number of hydrogen-bond acceptors (Lipinski definition) is 4. The fourth-order valence-electron chi connectivity index (χ4n) is 1.26. The summed E-state index contributed by atoms with van der Waals surface area (Å²) in [5.41, 5.74) is 1.69. The van der Waals surface area contributed by atoms with E-state index in [1.807, 2.05) is 13.8 Å². The van der Waals surface area contributed by atoms with E-state index in [1.54, 1.807) is 4.68 Å². The normalized spacial score (nSPS) is 10.1. The van der Waals surface area contributed by atoms with Gasteiger partial charge in [0.15, 0.2) is 0 Å². The van der Waals surface area contributed by atoms with E-state index in [-0.39, 0.29) is 19.0 Å². The second kappa shape index (κ2) is 5.81. The maximum atomic E-state index is 11.5. The number of aryl methyl sites for hydroxylation is 1. The van der Waals surface area contributed by atoms with Gasteiger partial charge in [0.2, 0.25) is 5.91 Å². The number of aromatic nitrogens is 2. The fraction of sp³-hybridized carbons (Fsp3) is 0.500. The van der Waals surface area contributed by atoms with Crippen LogP contribution in [0.25, 0.3) is 0 Å². The van der Waals surface area contributed by atoms with Crippen LogP contribution in [-0.2, 0) is 20.9 Å². The Labute approximate surface area is 107 Å². The lowest BCUT2D eigenvalue weighted by Gasteiger charge is -2.05. The Kier molecular flexibility index (Phi) is 4.68. The molecule has 0 aliphatic rings. The van der Waals surface area contributed by atoms with Gasteiger partial charge in [-0.3, -0.25) is 14.3 Å². The number of hydrogen-bond donors (Lipinski definition) is 1. The maximum Gasteiger partial charge on any atom is 0.325 e. The minimum Gasteiger partial charge on any atom is -0.468 e. The maximum absolute atomic E-state index is 11.5. The molecule has 0 aromatic carbocycles. The van der Waals surface area contributed by atoms with Crippen LogP contribution in [0.3, 0.4) is 0 Å². The topological polar surface area (TPSA) is 73.2 Å². The zero-order valence-electron chi connectivity index (χ0n) is 9.91. The van der Waals surface area contributed by atoms with Crippen LogP contribution in [0.2, 0.25) is 0 Å². The zero-order chi connectivity index (χ0) is 13.0. The van der Waals surface area contributed by atoms with Crippen molar-refractivity contribution >= 4 is 27.8 Å². The Balaban J connectivity index is 2.56. The SMILES string of the molecule is COC(=O)CNC(=O)Cn1nc(C)c(Br)c1C. The van der Waals surface area contributed by atoms with Crippen molar-refractivity contribution in [2.75, 3.05) is 13.7 Å². The first kappa shape index (κ1) is 13.7. The number of methoxy groups -OCH3 is 1. The molecule has 17 heavy (non-hydrogen) atoms. The summed E-state index contributed by atoms with van der Waals surface area (Å²) < 4.78 is 6.88. The number of halogens is 1. The van der Waals surface area contributed by atoms with Crippen molar-refractivity contribution in [1.29, 1.82) is 0 Å². The summed E-state index contributed by atoms with van der Waals surface area (Å²) in [4.78, 5) is 22.3. The van der Waals surface area contributed by atoms with Crippen molar-refractivity contribution in [1.82, 2.24) is 15.1 Å². The van der Waals surface area contributed by atoms with Gasteiger partial charge in [0.25, 0.3) is 0 Å². The van der Waals surface area contributed by atoms with Crippen molar-refractivity contribution in [2.45, 2.75) is 20.4 Å². The molecule has 0 radical (unpaired) electrons. The van der Waals surface area contributed by atoms with Gasteiger partial charge in [-0.1, -0.05) is 0 Å². The average Bonchev–Trinajstić information content (AvgIpc) is 2.54. The van der Waals surface area contributed by atoms with Gasteiger partial charge < -0.3 is 10.1 Å². The average molecular weight is 304 g/mol. The van der Waals surface area contributed by atoms with Gasteiger partial charge >= 0.3 is 5.97 Å². The minimum atomic E-state index is -0.479. The molecule has 0 atom stereocenters. The standard InChI is InChI=1S/C10H14BrN3O3/c1-6-10(11)7(2)14(13-6)5-8(15)12-4-9(16)17-3/h4-5H2,1-3H3,(H,12,15). The molecule has 0 saturated carbocycles. The highest BCUT2D eigenvalue weighted by atomic mass is 79.9. The van der Waals surface area contributed by atoms with E-state index in [0.717, 1.165) is 15.9 Å². The summed E-state index contributed by atoms with van der Waals surface area (Å²) in [7, 11) is 1.27. The van der Waals surface area contributed by atoms with Crippen molar-refractivity contribution in [3.63, 3.8) is 0 Å². The van der Waals surface area contributed by atoms with E-state index in [4.69, 9.17) is 0 Å². The largest absolute Gasteiger partial charge is 0.468 e. The van der Waals surface area contributed by atoms with Crippen LogP contribution in [0.4, 0.5) is 0 Å². The lowest BCUT2D eigenvalue weighted by Crippen LogP contribution is -2.33. The molecule has 0 aliphatic carbocycles. The first-order valence-corrected chi connectivity index (χ1v) is 5.78. The van der Waals surface area contributed by atoms with Gasteiger partial charge in [-0.2, -0.15) is 5.10 Å². The van der Waals surface area contributed by atoms with Crippen LogP contribution in [0.1, 0.15) is 11.4 Å². The number of esters is 1. The highest BCUT2D eigenvalue weighted by molar-refractivity contribution is 9.10. The monoisotopic (exact) mass is 303 g/mol. The van der Waals surface area contributed by atoms with E-state index in [0.29, 0.717) is 0 Å². The number of carbonyl (C=O) groups is 2. The van der Waals surface area contributed by atoms with Crippen LogP contribution in [0.5, 0.6) is 0 Å². The molecular formula is C10H14BrN3O3. The zero-order valence-corrected chi connectivity index (χ0v) is 11.5. The van der Waals surface area contributed by atoms with Gasteiger partial charge in [0, 0.05) is 0 Å². The van der Waals surface area contributed by atoms with Crippen molar-refractivity contribution in [2.24, 2.45) is 0 Å². The van der Waals surface area contributed by atoms with E-state index in [1.165, 1.54) is 7.11 Å². The van der Waals surface area contributed by atoms with E-state index < -0.39 is 5.97 Å². The van der Waals surface area contributed by atoms with E-state index in [2.05, 4.69) is 31.1 Å². The highest BCUT2D eigenvalue weighted by Gasteiger charge is 2.12. The van der Waals surface area contributed by atoms with Crippen molar-refractivity contribution < 1.29 is 14.3 Å². The van der Waals surface area contributed by atoms with Crippen molar-refractivity contribution in [3.8, 4) is 0 Å².